The molecule has 0 bridgehead atoms. The molecule has 0 spiro atoms. The van der Waals surface area contributed by atoms with Gasteiger partial charge in [0.2, 0.25) is 0 Å². The van der Waals surface area contributed by atoms with E-state index in [0.717, 1.165) is 5.56 Å². The number of halogens is 1. The van der Waals surface area contributed by atoms with Crippen molar-refractivity contribution in [2.24, 2.45) is 0 Å². The van der Waals surface area contributed by atoms with Gasteiger partial charge in [-0.15, -0.1) is 0 Å². The highest BCUT2D eigenvalue weighted by Crippen LogP contribution is 2.14. The Balaban J connectivity index is 1.48. The van der Waals surface area contributed by atoms with Crippen LogP contribution in [0.4, 0.5) is 16.2 Å². The van der Waals surface area contributed by atoms with Gasteiger partial charge >= 0.3 is 6.03 Å². The van der Waals surface area contributed by atoms with Crippen molar-refractivity contribution in [2.75, 3.05) is 10.6 Å². The lowest BCUT2D eigenvalue weighted by atomic mass is 10.2. The van der Waals surface area contributed by atoms with E-state index in [1.54, 1.807) is 48.5 Å². The number of hydrogen-bond acceptors (Lipinski definition) is 3. The molecule has 1 aromatic heterocycles. The molecule has 0 atom stereocenters. The Morgan fingerprint density at radius 2 is 1.54 bits per heavy atom. The number of carbonyl (C=O) groups is 2. The van der Waals surface area contributed by atoms with Gasteiger partial charge in [-0.1, -0.05) is 23.7 Å². The second kappa shape index (κ2) is 8.22. The number of furan rings is 1. The molecule has 2 aromatic carbocycles. The Kier molecular flexibility index (Phi) is 5.56. The quantitative estimate of drug-likeness (QED) is 0.618. The third-order valence-corrected chi connectivity index (χ3v) is 3.76. The van der Waals surface area contributed by atoms with Crippen molar-refractivity contribution in [3.63, 3.8) is 0 Å². The standard InChI is InChI=1S/C19H16ClN3O3/c20-14-5-9-16(10-6-14)23-19(25)21-12-13-3-7-15(8-4-13)22-18(24)17-2-1-11-26-17/h1-11H,12H2,(H,22,24)(H2,21,23,25). The molecule has 0 aliphatic rings. The molecule has 3 amide bonds. The van der Waals surface area contributed by atoms with E-state index >= 15 is 0 Å². The summed E-state index contributed by atoms with van der Waals surface area (Å²) in [6.45, 7) is 0.353. The zero-order chi connectivity index (χ0) is 18.4. The van der Waals surface area contributed by atoms with Gasteiger partial charge in [-0.3, -0.25) is 4.79 Å². The van der Waals surface area contributed by atoms with Crippen molar-refractivity contribution < 1.29 is 14.0 Å². The number of hydrogen-bond donors (Lipinski definition) is 3. The van der Waals surface area contributed by atoms with Crippen LogP contribution in [-0.2, 0) is 6.54 Å². The van der Waals surface area contributed by atoms with Crippen LogP contribution in [0.2, 0.25) is 5.02 Å². The number of benzene rings is 2. The Morgan fingerprint density at radius 1 is 0.885 bits per heavy atom. The summed E-state index contributed by atoms with van der Waals surface area (Å²) < 4.78 is 5.04. The van der Waals surface area contributed by atoms with Crippen molar-refractivity contribution in [1.29, 1.82) is 0 Å². The van der Waals surface area contributed by atoms with E-state index in [-0.39, 0.29) is 17.7 Å². The zero-order valence-corrected chi connectivity index (χ0v) is 14.4. The summed E-state index contributed by atoms with van der Waals surface area (Å²) in [5.74, 6) is -0.0715. The Hall–Kier alpha value is -3.25. The third-order valence-electron chi connectivity index (χ3n) is 3.51. The van der Waals surface area contributed by atoms with Gasteiger partial charge in [0.15, 0.2) is 5.76 Å². The van der Waals surface area contributed by atoms with Crippen molar-refractivity contribution in [2.45, 2.75) is 6.54 Å². The number of rotatable bonds is 5. The van der Waals surface area contributed by atoms with Gasteiger partial charge < -0.3 is 20.4 Å². The molecule has 3 rings (SSSR count). The van der Waals surface area contributed by atoms with E-state index in [2.05, 4.69) is 16.0 Å². The van der Waals surface area contributed by atoms with Crippen LogP contribution >= 0.6 is 11.6 Å². The van der Waals surface area contributed by atoms with Crippen LogP contribution in [0.1, 0.15) is 16.1 Å². The number of amides is 3. The van der Waals surface area contributed by atoms with E-state index in [9.17, 15) is 9.59 Å². The topological polar surface area (TPSA) is 83.4 Å². The summed E-state index contributed by atoms with van der Waals surface area (Å²) in [5, 5.41) is 8.81. The lowest BCUT2D eigenvalue weighted by molar-refractivity contribution is 0.0996. The maximum Gasteiger partial charge on any atom is 0.319 e. The minimum atomic E-state index is -0.317. The molecular formula is C19H16ClN3O3. The largest absolute Gasteiger partial charge is 0.459 e. The first-order valence-electron chi connectivity index (χ1n) is 7.84. The van der Waals surface area contributed by atoms with Gasteiger partial charge in [0.25, 0.3) is 5.91 Å². The summed E-state index contributed by atoms with van der Waals surface area (Å²) in [4.78, 5) is 23.8. The molecule has 26 heavy (non-hydrogen) atoms. The molecular weight excluding hydrogens is 354 g/mol. The predicted molar refractivity (Wildman–Crippen MR) is 100 cm³/mol. The van der Waals surface area contributed by atoms with Gasteiger partial charge in [-0.2, -0.15) is 0 Å². The summed E-state index contributed by atoms with van der Waals surface area (Å²) in [7, 11) is 0. The average molecular weight is 370 g/mol. The average Bonchev–Trinajstić information content (AvgIpc) is 3.18. The molecule has 0 radical (unpaired) electrons. The van der Waals surface area contributed by atoms with Crippen molar-refractivity contribution in [3.05, 3.63) is 83.3 Å². The van der Waals surface area contributed by atoms with Crippen LogP contribution in [0.3, 0.4) is 0 Å². The smallest absolute Gasteiger partial charge is 0.319 e. The second-order valence-electron chi connectivity index (χ2n) is 5.44. The normalized spacial score (nSPS) is 10.2. The Morgan fingerprint density at radius 3 is 2.19 bits per heavy atom. The van der Waals surface area contributed by atoms with Crippen molar-refractivity contribution >= 4 is 34.9 Å². The van der Waals surface area contributed by atoms with E-state index in [1.165, 1.54) is 6.26 Å². The summed E-state index contributed by atoms with van der Waals surface area (Å²) in [6, 6.07) is 16.9. The van der Waals surface area contributed by atoms with Gasteiger partial charge in [-0.25, -0.2) is 4.79 Å². The lowest BCUT2D eigenvalue weighted by Gasteiger charge is -2.09. The third kappa shape index (κ3) is 4.87. The molecule has 1 heterocycles. The highest BCUT2D eigenvalue weighted by atomic mass is 35.5. The maximum atomic E-state index is 11.9. The molecule has 132 valence electrons. The first kappa shape index (κ1) is 17.6. The highest BCUT2D eigenvalue weighted by molar-refractivity contribution is 6.30. The predicted octanol–water partition coefficient (Wildman–Crippen LogP) is 4.51. The number of urea groups is 1. The van der Waals surface area contributed by atoms with Gasteiger partial charge in [0.1, 0.15) is 0 Å². The van der Waals surface area contributed by atoms with Crippen LogP contribution < -0.4 is 16.0 Å². The van der Waals surface area contributed by atoms with E-state index in [4.69, 9.17) is 16.0 Å². The SMILES string of the molecule is O=C(NCc1ccc(NC(=O)c2ccco2)cc1)Nc1ccc(Cl)cc1. The van der Waals surface area contributed by atoms with Crippen LogP contribution in [0.5, 0.6) is 0 Å². The minimum Gasteiger partial charge on any atom is -0.459 e. The van der Waals surface area contributed by atoms with Crippen LogP contribution in [-0.4, -0.2) is 11.9 Å². The van der Waals surface area contributed by atoms with E-state index < -0.39 is 0 Å². The Bertz CT molecular complexity index is 875. The molecule has 0 fully saturated rings. The van der Waals surface area contributed by atoms with Crippen molar-refractivity contribution in [1.82, 2.24) is 5.32 Å². The molecule has 7 heteroatoms. The number of anilines is 2. The van der Waals surface area contributed by atoms with Gasteiger partial charge in [0, 0.05) is 22.9 Å². The first-order valence-corrected chi connectivity index (χ1v) is 8.22. The molecule has 0 unspecified atom stereocenters. The van der Waals surface area contributed by atoms with Crippen molar-refractivity contribution in [3.8, 4) is 0 Å². The van der Waals surface area contributed by atoms with E-state index in [0.29, 0.717) is 22.9 Å². The van der Waals surface area contributed by atoms with Gasteiger partial charge in [-0.05, 0) is 54.1 Å². The van der Waals surface area contributed by atoms with Crippen LogP contribution in [0.25, 0.3) is 0 Å². The fraction of sp³-hybridized carbons (Fsp3) is 0.0526. The zero-order valence-electron chi connectivity index (χ0n) is 13.7. The van der Waals surface area contributed by atoms with E-state index in [1.807, 2.05) is 12.1 Å². The number of nitrogens with one attached hydrogen (secondary N) is 3. The second-order valence-corrected chi connectivity index (χ2v) is 5.88. The molecule has 3 N–H and O–H groups in total. The Labute approximate surface area is 155 Å². The van der Waals surface area contributed by atoms with Crippen LogP contribution in [0.15, 0.2) is 71.3 Å². The molecule has 0 saturated carbocycles. The fourth-order valence-electron chi connectivity index (χ4n) is 2.20. The summed E-state index contributed by atoms with van der Waals surface area (Å²) in [5.41, 5.74) is 2.19. The van der Waals surface area contributed by atoms with Gasteiger partial charge in [0.05, 0.1) is 6.26 Å². The molecule has 6 nitrogen and oxygen atoms in total. The lowest BCUT2D eigenvalue weighted by Crippen LogP contribution is -2.28. The monoisotopic (exact) mass is 369 g/mol. The molecule has 3 aromatic rings. The summed E-state index contributed by atoms with van der Waals surface area (Å²) >= 11 is 5.80. The molecule has 0 saturated heterocycles. The minimum absolute atomic E-state index is 0.245. The summed E-state index contributed by atoms with van der Waals surface area (Å²) in [6.07, 6.45) is 1.44. The fourth-order valence-corrected chi connectivity index (χ4v) is 2.32. The maximum absolute atomic E-state index is 11.9. The highest BCUT2D eigenvalue weighted by Gasteiger charge is 2.08. The molecule has 0 aliphatic heterocycles. The van der Waals surface area contributed by atoms with Crippen LogP contribution in [0, 0.1) is 0 Å². The number of carbonyl (C=O) groups excluding carboxylic acids is 2. The first-order chi connectivity index (χ1) is 12.6. The molecule has 0 aliphatic carbocycles.